The van der Waals surface area contributed by atoms with Crippen LogP contribution in [0.3, 0.4) is 0 Å². The van der Waals surface area contributed by atoms with Gasteiger partial charge in [0.1, 0.15) is 35.9 Å². The van der Waals surface area contributed by atoms with Gasteiger partial charge < -0.3 is 33.4 Å². The predicted molar refractivity (Wildman–Crippen MR) is 158 cm³/mol. The molecule has 11 heteroatoms. The van der Waals surface area contributed by atoms with Crippen LogP contribution in [0.5, 0.6) is 17.2 Å². The highest BCUT2D eigenvalue weighted by Gasteiger charge is 2.56. The van der Waals surface area contributed by atoms with Crippen LogP contribution in [0.25, 0.3) is 22.6 Å². The summed E-state index contributed by atoms with van der Waals surface area (Å²) in [5.74, 6) is 0.607. The second kappa shape index (κ2) is 11.8. The van der Waals surface area contributed by atoms with E-state index in [2.05, 4.69) is 4.98 Å². The van der Waals surface area contributed by atoms with Gasteiger partial charge in [-0.3, -0.25) is 9.59 Å². The van der Waals surface area contributed by atoms with Crippen LogP contribution in [0.1, 0.15) is 18.9 Å². The molecule has 2 aromatic carbocycles. The van der Waals surface area contributed by atoms with Crippen LogP contribution in [-0.2, 0) is 20.9 Å². The van der Waals surface area contributed by atoms with Crippen molar-refractivity contribution in [2.75, 3.05) is 20.8 Å². The van der Waals surface area contributed by atoms with E-state index in [1.807, 2.05) is 12.1 Å². The molecule has 3 aliphatic heterocycles. The van der Waals surface area contributed by atoms with Crippen LogP contribution in [-0.4, -0.2) is 59.8 Å². The van der Waals surface area contributed by atoms with Gasteiger partial charge in [-0.2, -0.15) is 0 Å². The number of rotatable bonds is 10. The number of carbonyl (C=O) groups is 2. The summed E-state index contributed by atoms with van der Waals surface area (Å²) in [6.45, 7) is 2.01. The van der Waals surface area contributed by atoms with E-state index in [4.69, 9.17) is 23.4 Å². The number of methoxy groups -OCH3 is 2. The van der Waals surface area contributed by atoms with Crippen LogP contribution in [0.2, 0.25) is 0 Å². The van der Waals surface area contributed by atoms with E-state index in [1.54, 1.807) is 56.5 Å². The Labute approximate surface area is 252 Å². The number of ether oxygens (including phenoxy) is 4. The molecule has 1 fully saturated rings. The average molecular weight is 599 g/mol. The molecule has 0 saturated carbocycles. The molecule has 1 saturated heterocycles. The monoisotopic (exact) mass is 598 g/mol. The van der Waals surface area contributed by atoms with Gasteiger partial charge in [-0.15, -0.1) is 0 Å². The third-order valence-corrected chi connectivity index (χ3v) is 7.75. The van der Waals surface area contributed by atoms with E-state index in [-0.39, 0.29) is 36.3 Å². The zero-order chi connectivity index (χ0) is 31.0. The van der Waals surface area contributed by atoms with Crippen LogP contribution in [0.4, 0.5) is 0 Å². The first-order chi connectivity index (χ1) is 21.3. The van der Waals surface area contributed by atoms with Crippen LogP contribution >= 0.6 is 0 Å². The first-order valence-electron chi connectivity index (χ1n) is 14.0. The van der Waals surface area contributed by atoms with E-state index in [9.17, 15) is 19.5 Å². The number of aliphatic hydroxyl groups is 1. The molecule has 0 unspecified atom stereocenters. The second-order valence-corrected chi connectivity index (χ2v) is 10.6. The van der Waals surface area contributed by atoms with Crippen molar-refractivity contribution in [1.82, 2.24) is 9.88 Å². The number of fused-ring (bicyclic) bond motifs is 3. The van der Waals surface area contributed by atoms with Gasteiger partial charge in [-0.05, 0) is 67.0 Å². The number of nitrogens with zero attached hydrogens (tertiary/aromatic N) is 2. The molecule has 1 aliphatic carbocycles. The Kier molecular flexibility index (Phi) is 7.79. The summed E-state index contributed by atoms with van der Waals surface area (Å²) < 4.78 is 28.2. The number of carbonyl (C=O) groups excluding carboxylic acids is 2. The molecule has 6 rings (SSSR count). The lowest BCUT2D eigenvalue weighted by molar-refractivity contribution is -0.161. The molecule has 2 aromatic rings. The fourth-order valence-corrected chi connectivity index (χ4v) is 5.63. The number of β-lactam (4-membered cyclic amide) rings is 1. The quantitative estimate of drug-likeness (QED) is 0.163. The van der Waals surface area contributed by atoms with E-state index in [1.165, 1.54) is 24.1 Å². The van der Waals surface area contributed by atoms with Gasteiger partial charge in [-0.1, -0.05) is 12.1 Å². The molecule has 0 radical (unpaired) electrons. The number of hydrogen-bond donors (Lipinski definition) is 1. The summed E-state index contributed by atoms with van der Waals surface area (Å²) in [5.41, 5.74) is 3.30. The number of amides is 1. The molecular weight excluding hydrogens is 568 g/mol. The third kappa shape index (κ3) is 5.37. The molecular formula is C33H30N2O9. The molecule has 0 spiro atoms. The minimum atomic E-state index is -0.801. The Hall–Kier alpha value is -5.16. The molecule has 0 bridgehead atoms. The number of aromatic nitrogens is 1. The Morgan fingerprint density at radius 2 is 1.93 bits per heavy atom. The highest BCUT2D eigenvalue weighted by atomic mass is 16.5. The van der Waals surface area contributed by atoms with Crippen molar-refractivity contribution >= 4 is 23.0 Å². The minimum Gasteiger partial charge on any atom is -0.493 e. The predicted octanol–water partition coefficient (Wildman–Crippen LogP) is 3.85. The Morgan fingerprint density at radius 1 is 1.09 bits per heavy atom. The minimum absolute atomic E-state index is 0.152. The number of benzene rings is 3. The lowest BCUT2D eigenvalue weighted by atomic mass is 9.83. The molecule has 1 amide bonds. The van der Waals surface area contributed by atoms with Crippen LogP contribution in [0.15, 0.2) is 87.2 Å². The molecule has 44 heavy (non-hydrogen) atoms. The van der Waals surface area contributed by atoms with Crippen LogP contribution in [0, 0.1) is 5.92 Å². The van der Waals surface area contributed by atoms with E-state index in [0.717, 1.165) is 5.56 Å². The number of hydrogen-bond acceptors (Lipinski definition) is 10. The maximum absolute atomic E-state index is 12.5. The lowest BCUT2D eigenvalue weighted by Gasteiger charge is -2.44. The van der Waals surface area contributed by atoms with Gasteiger partial charge in [0.25, 0.3) is 0 Å². The molecule has 11 nitrogen and oxygen atoms in total. The number of aliphatic hydroxyl groups excluding tert-OH is 1. The van der Waals surface area contributed by atoms with Crippen molar-refractivity contribution in [1.29, 1.82) is 0 Å². The van der Waals surface area contributed by atoms with Crippen molar-refractivity contribution in [3.8, 4) is 28.7 Å². The first kappa shape index (κ1) is 28.9. The normalized spacial score (nSPS) is 18.5. The van der Waals surface area contributed by atoms with Crippen molar-refractivity contribution < 1.29 is 38.1 Å². The molecule has 3 heterocycles. The zero-order valence-electron chi connectivity index (χ0n) is 24.3. The summed E-state index contributed by atoms with van der Waals surface area (Å²) in [7, 11) is 2.82. The second-order valence-electron chi connectivity index (χ2n) is 10.6. The van der Waals surface area contributed by atoms with Gasteiger partial charge >= 0.3 is 5.97 Å². The SMILES string of the molecule is COC(=O)C1=C(/C=C/COc2ccc(COc3ccc4nc5ccc(=O)cc-5oc4c3)cc2OC)C[C@@H]2[C@@H]([C@@H](C)O)C(=O)N12. The van der Waals surface area contributed by atoms with Gasteiger partial charge in [0.15, 0.2) is 28.3 Å². The third-order valence-electron chi connectivity index (χ3n) is 7.75. The van der Waals surface area contributed by atoms with Crippen molar-refractivity contribution in [2.24, 2.45) is 5.92 Å². The zero-order valence-corrected chi connectivity index (χ0v) is 24.3. The van der Waals surface area contributed by atoms with Crippen LogP contribution < -0.4 is 19.6 Å². The average Bonchev–Trinajstić information content (AvgIpc) is 3.34. The smallest absolute Gasteiger partial charge is 0.355 e. The summed E-state index contributed by atoms with van der Waals surface area (Å²) in [6.07, 6.45) is 3.15. The van der Waals surface area contributed by atoms with Crippen molar-refractivity contribution in [3.05, 3.63) is 93.8 Å². The Bertz CT molecular complexity index is 1840. The highest BCUT2D eigenvalue weighted by Crippen LogP contribution is 2.44. The van der Waals surface area contributed by atoms with Crippen molar-refractivity contribution in [2.45, 2.75) is 32.1 Å². The topological polar surface area (TPSA) is 138 Å². The maximum atomic E-state index is 12.5. The van der Waals surface area contributed by atoms with E-state index < -0.39 is 18.0 Å². The fraction of sp³-hybridized carbons (Fsp3) is 0.273. The molecule has 4 aliphatic rings. The van der Waals surface area contributed by atoms with Gasteiger partial charge in [0.2, 0.25) is 5.91 Å². The van der Waals surface area contributed by atoms with Crippen molar-refractivity contribution in [3.63, 3.8) is 0 Å². The van der Waals surface area contributed by atoms with Gasteiger partial charge in [-0.25, -0.2) is 9.78 Å². The molecule has 226 valence electrons. The van der Waals surface area contributed by atoms with E-state index in [0.29, 0.717) is 51.8 Å². The number of esters is 1. The molecule has 3 atom stereocenters. The first-order valence-corrected chi connectivity index (χ1v) is 14.0. The largest absolute Gasteiger partial charge is 0.493 e. The van der Waals surface area contributed by atoms with E-state index >= 15 is 0 Å². The summed E-state index contributed by atoms with van der Waals surface area (Å²) in [6, 6.07) is 15.0. The fourth-order valence-electron chi connectivity index (χ4n) is 5.63. The Morgan fingerprint density at radius 3 is 2.70 bits per heavy atom. The number of allylic oxidation sites excluding steroid dienone is 1. The van der Waals surface area contributed by atoms with Gasteiger partial charge in [0, 0.05) is 12.1 Å². The Balaban J connectivity index is 1.10. The summed E-state index contributed by atoms with van der Waals surface area (Å²) >= 11 is 0. The lowest BCUT2D eigenvalue weighted by Crippen LogP contribution is -2.61. The highest BCUT2D eigenvalue weighted by molar-refractivity contribution is 6.00. The standard InChI is InChI=1S/C33H30N2O9/c1-18(36)30-25-14-20(31(33(39)41-3)35(25)32(30)38)5-4-12-42-26-11-6-19(13-29(26)40-2)17-43-22-8-10-24-28(16-22)44-27-15-21(37)7-9-23(27)34-24/h4-11,13,15-16,18,25,30,36H,12,14,17H2,1-3H3/b5-4+/t18-,25-,30-/m1/s1. The summed E-state index contributed by atoms with van der Waals surface area (Å²) in [5, 5.41) is 9.98. The molecule has 0 aromatic heterocycles. The summed E-state index contributed by atoms with van der Waals surface area (Å²) in [4.78, 5) is 42.6. The van der Waals surface area contributed by atoms with Gasteiger partial charge in [0.05, 0.1) is 32.3 Å². The maximum Gasteiger partial charge on any atom is 0.355 e. The molecule has 1 N–H and O–H groups in total.